The van der Waals surface area contributed by atoms with Gasteiger partial charge in [-0.25, -0.2) is 10.2 Å². The number of aromatic nitrogens is 1. The minimum absolute atomic E-state index is 0.139. The van der Waals surface area contributed by atoms with E-state index in [9.17, 15) is 9.59 Å². The van der Waals surface area contributed by atoms with E-state index in [0.717, 1.165) is 12.0 Å². The molecule has 0 fully saturated rings. The van der Waals surface area contributed by atoms with Crippen LogP contribution in [0.5, 0.6) is 5.75 Å². The van der Waals surface area contributed by atoms with Crippen molar-refractivity contribution in [3.05, 3.63) is 52.3 Å². The van der Waals surface area contributed by atoms with Crippen LogP contribution in [0.4, 0.5) is 0 Å². The van der Waals surface area contributed by atoms with Gasteiger partial charge in [-0.2, -0.15) is 5.10 Å². The Balaban J connectivity index is 1.90. The fourth-order valence-electron chi connectivity index (χ4n) is 2.58. The zero-order chi connectivity index (χ0) is 19.8. The molecule has 0 bridgehead atoms. The standard InChI is InChI=1S/C20H25N3O4/c1-5-15-7-9-16(10-8-15)27-12-18(24)23-21-11-17-13(3)19(14(4)22-17)20(25)26-6-2/h7-11,22H,5-6,12H2,1-4H3,(H,23,24)/b21-11+. The first-order valence-electron chi connectivity index (χ1n) is 8.86. The monoisotopic (exact) mass is 371 g/mol. The van der Waals surface area contributed by atoms with Crippen molar-refractivity contribution in [3.63, 3.8) is 0 Å². The van der Waals surface area contributed by atoms with Crippen LogP contribution in [0.15, 0.2) is 29.4 Å². The van der Waals surface area contributed by atoms with Gasteiger partial charge >= 0.3 is 5.97 Å². The normalized spacial score (nSPS) is 10.8. The summed E-state index contributed by atoms with van der Waals surface area (Å²) in [7, 11) is 0. The van der Waals surface area contributed by atoms with E-state index in [1.54, 1.807) is 20.8 Å². The summed E-state index contributed by atoms with van der Waals surface area (Å²) in [5.74, 6) is -0.131. The van der Waals surface area contributed by atoms with E-state index in [1.807, 2.05) is 24.3 Å². The molecule has 2 aromatic rings. The second-order valence-corrected chi connectivity index (χ2v) is 5.96. The summed E-state index contributed by atoms with van der Waals surface area (Å²) in [4.78, 5) is 26.9. The van der Waals surface area contributed by atoms with E-state index in [4.69, 9.17) is 9.47 Å². The van der Waals surface area contributed by atoms with Crippen LogP contribution in [0.2, 0.25) is 0 Å². The topological polar surface area (TPSA) is 92.8 Å². The van der Waals surface area contributed by atoms with Crippen molar-refractivity contribution in [2.45, 2.75) is 34.1 Å². The van der Waals surface area contributed by atoms with E-state index in [0.29, 0.717) is 29.3 Å². The number of hydrogen-bond donors (Lipinski definition) is 2. The molecule has 0 saturated heterocycles. The number of benzene rings is 1. The number of H-pyrrole nitrogens is 1. The molecule has 27 heavy (non-hydrogen) atoms. The molecule has 1 amide bonds. The number of amides is 1. The largest absolute Gasteiger partial charge is 0.484 e. The van der Waals surface area contributed by atoms with E-state index >= 15 is 0 Å². The van der Waals surface area contributed by atoms with Crippen LogP contribution >= 0.6 is 0 Å². The first-order chi connectivity index (χ1) is 13.0. The number of aromatic amines is 1. The van der Waals surface area contributed by atoms with Crippen LogP contribution < -0.4 is 10.2 Å². The molecule has 0 saturated carbocycles. The van der Waals surface area contributed by atoms with Gasteiger partial charge in [0.25, 0.3) is 5.91 Å². The van der Waals surface area contributed by atoms with Crippen molar-refractivity contribution >= 4 is 18.1 Å². The van der Waals surface area contributed by atoms with Crippen LogP contribution in [0.25, 0.3) is 0 Å². The Morgan fingerprint density at radius 3 is 2.52 bits per heavy atom. The maximum absolute atomic E-state index is 12.0. The number of carbonyl (C=O) groups is 2. The van der Waals surface area contributed by atoms with Gasteiger partial charge in [0.1, 0.15) is 5.75 Å². The van der Waals surface area contributed by atoms with Crippen molar-refractivity contribution in [2.75, 3.05) is 13.2 Å². The zero-order valence-electron chi connectivity index (χ0n) is 16.1. The number of aryl methyl sites for hydroxylation is 2. The summed E-state index contributed by atoms with van der Waals surface area (Å²) in [6.45, 7) is 7.58. The van der Waals surface area contributed by atoms with Crippen LogP contribution in [-0.2, 0) is 16.0 Å². The van der Waals surface area contributed by atoms with E-state index in [1.165, 1.54) is 11.8 Å². The quantitative estimate of drug-likeness (QED) is 0.424. The van der Waals surface area contributed by atoms with Crippen molar-refractivity contribution in [1.29, 1.82) is 0 Å². The molecule has 2 rings (SSSR count). The van der Waals surface area contributed by atoms with Crippen LogP contribution in [-0.4, -0.2) is 36.3 Å². The van der Waals surface area contributed by atoms with Crippen molar-refractivity contribution in [1.82, 2.24) is 10.4 Å². The molecule has 2 N–H and O–H groups in total. The minimum Gasteiger partial charge on any atom is -0.484 e. The highest BCUT2D eigenvalue weighted by atomic mass is 16.5. The Bertz CT molecular complexity index is 822. The lowest BCUT2D eigenvalue weighted by molar-refractivity contribution is -0.123. The molecule has 1 heterocycles. The Hall–Kier alpha value is -3.09. The van der Waals surface area contributed by atoms with Gasteiger partial charge in [-0.1, -0.05) is 19.1 Å². The third-order valence-electron chi connectivity index (χ3n) is 4.04. The number of hydrazone groups is 1. The number of esters is 1. The maximum Gasteiger partial charge on any atom is 0.340 e. The van der Waals surface area contributed by atoms with Gasteiger partial charge in [0, 0.05) is 5.69 Å². The molecule has 1 aromatic heterocycles. The molecule has 0 aliphatic rings. The summed E-state index contributed by atoms with van der Waals surface area (Å²) < 4.78 is 10.5. The summed E-state index contributed by atoms with van der Waals surface area (Å²) in [5, 5.41) is 3.91. The zero-order valence-corrected chi connectivity index (χ0v) is 16.1. The Labute approximate surface area is 158 Å². The third kappa shape index (κ3) is 5.44. The van der Waals surface area contributed by atoms with Gasteiger partial charge in [-0.05, 0) is 50.5 Å². The molecule has 0 unspecified atom stereocenters. The van der Waals surface area contributed by atoms with Gasteiger partial charge in [0.15, 0.2) is 6.61 Å². The van der Waals surface area contributed by atoms with Gasteiger partial charge in [-0.15, -0.1) is 0 Å². The number of nitrogens with one attached hydrogen (secondary N) is 2. The molecule has 7 nitrogen and oxygen atoms in total. The highest BCUT2D eigenvalue weighted by Gasteiger charge is 2.18. The Kier molecular flexibility index (Phi) is 7.16. The molecular formula is C20H25N3O4. The fourth-order valence-corrected chi connectivity index (χ4v) is 2.58. The summed E-state index contributed by atoms with van der Waals surface area (Å²) in [5.41, 5.74) is 6.14. The van der Waals surface area contributed by atoms with Crippen LogP contribution in [0.3, 0.4) is 0 Å². The van der Waals surface area contributed by atoms with E-state index < -0.39 is 0 Å². The molecule has 0 radical (unpaired) electrons. The fraction of sp³-hybridized carbons (Fsp3) is 0.350. The molecule has 144 valence electrons. The predicted molar refractivity (Wildman–Crippen MR) is 103 cm³/mol. The molecule has 0 spiro atoms. The molecule has 1 aromatic carbocycles. The smallest absolute Gasteiger partial charge is 0.340 e. The number of rotatable bonds is 8. The average molecular weight is 371 g/mol. The van der Waals surface area contributed by atoms with Crippen molar-refractivity contribution < 1.29 is 19.1 Å². The summed E-state index contributed by atoms with van der Waals surface area (Å²) in [6, 6.07) is 7.58. The molecule has 0 aliphatic carbocycles. The number of nitrogens with zero attached hydrogens (tertiary/aromatic N) is 1. The first-order valence-corrected chi connectivity index (χ1v) is 8.86. The lowest BCUT2D eigenvalue weighted by atomic mass is 10.1. The summed E-state index contributed by atoms with van der Waals surface area (Å²) >= 11 is 0. The molecule has 0 aliphatic heterocycles. The third-order valence-corrected chi connectivity index (χ3v) is 4.04. The lowest BCUT2D eigenvalue weighted by Gasteiger charge is -2.05. The Morgan fingerprint density at radius 1 is 1.19 bits per heavy atom. The second-order valence-electron chi connectivity index (χ2n) is 5.96. The van der Waals surface area contributed by atoms with E-state index in [2.05, 4.69) is 22.4 Å². The Morgan fingerprint density at radius 2 is 1.89 bits per heavy atom. The number of carbonyl (C=O) groups excluding carboxylic acids is 2. The maximum atomic E-state index is 12.0. The average Bonchev–Trinajstić information content (AvgIpc) is 2.94. The van der Waals surface area contributed by atoms with Crippen molar-refractivity contribution in [2.24, 2.45) is 5.10 Å². The second kappa shape index (κ2) is 9.56. The molecular weight excluding hydrogens is 346 g/mol. The summed E-state index contributed by atoms with van der Waals surface area (Å²) in [6.07, 6.45) is 2.41. The van der Waals surface area contributed by atoms with Gasteiger partial charge in [-0.3, -0.25) is 4.79 Å². The highest BCUT2D eigenvalue weighted by Crippen LogP contribution is 2.17. The SMILES string of the molecule is CCOC(=O)c1c(C)[nH]c(/C=N/NC(=O)COc2ccc(CC)cc2)c1C. The van der Waals surface area contributed by atoms with Gasteiger partial charge < -0.3 is 14.5 Å². The van der Waals surface area contributed by atoms with Gasteiger partial charge in [0.05, 0.1) is 24.1 Å². The van der Waals surface area contributed by atoms with Gasteiger partial charge in [0.2, 0.25) is 0 Å². The van der Waals surface area contributed by atoms with Crippen LogP contribution in [0, 0.1) is 13.8 Å². The minimum atomic E-state index is -0.380. The van der Waals surface area contributed by atoms with Crippen molar-refractivity contribution in [3.8, 4) is 5.75 Å². The number of ether oxygens (including phenoxy) is 2. The molecule has 0 atom stereocenters. The highest BCUT2D eigenvalue weighted by molar-refractivity contribution is 5.96. The lowest BCUT2D eigenvalue weighted by Crippen LogP contribution is -2.24. The van der Waals surface area contributed by atoms with E-state index in [-0.39, 0.29) is 18.5 Å². The first kappa shape index (κ1) is 20.2. The number of hydrogen-bond acceptors (Lipinski definition) is 5. The predicted octanol–water partition coefficient (Wildman–Crippen LogP) is 2.90. The van der Waals surface area contributed by atoms with Crippen LogP contribution in [0.1, 0.15) is 46.7 Å². The molecule has 7 heteroatoms.